The smallest absolute Gasteiger partial charge is 0.387 e. The molecule has 25 heavy (non-hydrogen) atoms. The summed E-state index contributed by atoms with van der Waals surface area (Å²) in [5.74, 6) is 1.04. The number of nitrogens with zero attached hydrogens (tertiary/aromatic N) is 1. The Balaban J connectivity index is 1.83. The van der Waals surface area contributed by atoms with Gasteiger partial charge >= 0.3 is 6.61 Å². The summed E-state index contributed by atoms with van der Waals surface area (Å²) in [4.78, 5) is 14.5. The summed E-state index contributed by atoms with van der Waals surface area (Å²) in [7, 11) is 0. The van der Waals surface area contributed by atoms with Crippen molar-refractivity contribution in [3.05, 3.63) is 29.3 Å². The first-order valence-corrected chi connectivity index (χ1v) is 10.0. The number of aryl methyl sites for hydroxylation is 1. The highest BCUT2D eigenvalue weighted by molar-refractivity contribution is 7.98. The number of halogens is 2. The van der Waals surface area contributed by atoms with Crippen LogP contribution in [0.5, 0.6) is 5.75 Å². The lowest BCUT2D eigenvalue weighted by molar-refractivity contribution is -0.128. The van der Waals surface area contributed by atoms with E-state index in [-0.39, 0.29) is 23.7 Å². The van der Waals surface area contributed by atoms with Crippen LogP contribution in [0.4, 0.5) is 8.78 Å². The second-order valence-electron chi connectivity index (χ2n) is 6.14. The summed E-state index contributed by atoms with van der Waals surface area (Å²) in [6.07, 6.45) is 5.20. The summed E-state index contributed by atoms with van der Waals surface area (Å²) in [6.45, 7) is -2.84. The van der Waals surface area contributed by atoms with Crippen molar-refractivity contribution >= 4 is 35.0 Å². The number of ether oxygens (including phenoxy) is 1. The fourth-order valence-corrected chi connectivity index (χ4v) is 4.32. The van der Waals surface area contributed by atoms with Crippen molar-refractivity contribution in [2.24, 2.45) is 0 Å². The first-order valence-electron chi connectivity index (χ1n) is 8.21. The highest BCUT2D eigenvalue weighted by atomic mass is 32.2. The van der Waals surface area contributed by atoms with E-state index in [1.807, 2.05) is 6.26 Å². The van der Waals surface area contributed by atoms with Crippen molar-refractivity contribution in [2.45, 2.75) is 44.4 Å². The number of hydrogen-bond donors (Lipinski definition) is 1. The van der Waals surface area contributed by atoms with E-state index in [4.69, 9.17) is 12.2 Å². The van der Waals surface area contributed by atoms with Gasteiger partial charge in [0.2, 0.25) is 0 Å². The molecule has 0 unspecified atom stereocenters. The van der Waals surface area contributed by atoms with Crippen molar-refractivity contribution in [1.82, 2.24) is 10.2 Å². The average molecular weight is 386 g/mol. The maximum absolute atomic E-state index is 12.8. The lowest BCUT2D eigenvalue weighted by Gasteiger charge is -2.32. The molecule has 1 fully saturated rings. The summed E-state index contributed by atoms with van der Waals surface area (Å²) in [6, 6.07) is 4.55. The molecule has 4 nitrogen and oxygen atoms in total. The van der Waals surface area contributed by atoms with Crippen LogP contribution in [0.2, 0.25) is 0 Å². The molecule has 1 aliphatic heterocycles. The molecule has 2 aliphatic rings. The predicted octanol–water partition coefficient (Wildman–Crippen LogP) is 3.50. The van der Waals surface area contributed by atoms with Crippen molar-refractivity contribution in [3.8, 4) is 5.75 Å². The van der Waals surface area contributed by atoms with Gasteiger partial charge < -0.3 is 10.1 Å². The number of benzene rings is 1. The van der Waals surface area contributed by atoms with Gasteiger partial charge in [0.25, 0.3) is 5.91 Å². The third-order valence-electron chi connectivity index (χ3n) is 4.60. The van der Waals surface area contributed by atoms with E-state index >= 15 is 0 Å². The van der Waals surface area contributed by atoms with Crippen LogP contribution in [0.15, 0.2) is 18.2 Å². The second-order valence-corrected chi connectivity index (χ2v) is 7.51. The van der Waals surface area contributed by atoms with Gasteiger partial charge in [-0.1, -0.05) is 6.07 Å². The largest absolute Gasteiger partial charge is 0.435 e. The molecule has 0 spiro atoms. The van der Waals surface area contributed by atoms with E-state index in [0.717, 1.165) is 42.6 Å². The van der Waals surface area contributed by atoms with Crippen LogP contribution < -0.4 is 10.1 Å². The van der Waals surface area contributed by atoms with Crippen LogP contribution in [0.3, 0.4) is 0 Å². The lowest BCUT2D eigenvalue weighted by atomic mass is 9.86. The number of carbonyl (C=O) groups is 1. The van der Waals surface area contributed by atoms with E-state index in [1.54, 1.807) is 28.8 Å². The quantitative estimate of drug-likeness (QED) is 0.758. The van der Waals surface area contributed by atoms with Crippen molar-refractivity contribution in [3.63, 3.8) is 0 Å². The number of carbonyl (C=O) groups excluding carboxylic acids is 1. The average Bonchev–Trinajstić information content (AvgIpc) is 2.85. The Morgan fingerprint density at radius 2 is 2.28 bits per heavy atom. The fourth-order valence-electron chi connectivity index (χ4n) is 3.48. The van der Waals surface area contributed by atoms with Gasteiger partial charge in [0.1, 0.15) is 11.8 Å². The molecule has 0 saturated carbocycles. The van der Waals surface area contributed by atoms with Crippen molar-refractivity contribution < 1.29 is 18.3 Å². The predicted molar refractivity (Wildman–Crippen MR) is 98.1 cm³/mol. The zero-order valence-electron chi connectivity index (χ0n) is 13.8. The normalized spacial score (nSPS) is 23.0. The molecule has 1 amide bonds. The molecule has 0 aromatic heterocycles. The van der Waals surface area contributed by atoms with Gasteiger partial charge in [-0.3, -0.25) is 9.69 Å². The lowest BCUT2D eigenvalue weighted by Crippen LogP contribution is -2.37. The fraction of sp³-hybridized carbons (Fsp3) is 0.529. The zero-order chi connectivity index (χ0) is 18.0. The first-order chi connectivity index (χ1) is 12.0. The number of alkyl halides is 2. The van der Waals surface area contributed by atoms with Gasteiger partial charge in [-0.2, -0.15) is 20.5 Å². The Morgan fingerprint density at radius 3 is 3.00 bits per heavy atom. The monoisotopic (exact) mass is 386 g/mol. The number of amides is 1. The van der Waals surface area contributed by atoms with Crippen LogP contribution in [0, 0.1) is 0 Å². The molecule has 1 N–H and O–H groups in total. The van der Waals surface area contributed by atoms with E-state index in [2.05, 4.69) is 10.1 Å². The molecule has 1 aliphatic carbocycles. The summed E-state index contributed by atoms with van der Waals surface area (Å²) >= 11 is 7.10. The molecular formula is C17H20F2N2O2S2. The summed E-state index contributed by atoms with van der Waals surface area (Å²) in [5.41, 5.74) is 1.91. The van der Waals surface area contributed by atoms with E-state index in [1.165, 1.54) is 6.07 Å². The number of rotatable bonds is 6. The van der Waals surface area contributed by atoms with Crippen LogP contribution in [0.25, 0.3) is 0 Å². The summed E-state index contributed by atoms with van der Waals surface area (Å²) in [5, 5.41) is 3.58. The highest BCUT2D eigenvalue weighted by Gasteiger charge is 2.41. The molecule has 1 aromatic carbocycles. The molecule has 1 heterocycles. The SMILES string of the molecule is CSCC[C@@H]1NC(=S)N([C@@H]2CCCc3cc(OC(F)F)ccc32)C1=O. The molecule has 3 rings (SSSR count). The van der Waals surface area contributed by atoms with Crippen LogP contribution in [-0.4, -0.2) is 40.6 Å². The molecule has 136 valence electrons. The van der Waals surface area contributed by atoms with Gasteiger partial charge in [-0.05, 0) is 73.2 Å². The molecule has 0 radical (unpaired) electrons. The maximum atomic E-state index is 12.8. The third kappa shape index (κ3) is 3.89. The zero-order valence-corrected chi connectivity index (χ0v) is 15.5. The maximum Gasteiger partial charge on any atom is 0.387 e. The minimum absolute atomic E-state index is 0.00445. The second kappa shape index (κ2) is 7.86. The van der Waals surface area contributed by atoms with Crippen LogP contribution in [-0.2, 0) is 11.2 Å². The number of thiocarbonyl (C=S) groups is 1. The Labute approximate surface area is 155 Å². The third-order valence-corrected chi connectivity index (χ3v) is 5.56. The molecule has 8 heteroatoms. The van der Waals surface area contributed by atoms with Crippen LogP contribution in [0.1, 0.15) is 36.4 Å². The Kier molecular flexibility index (Phi) is 5.78. The number of fused-ring (bicyclic) bond motifs is 1. The van der Waals surface area contributed by atoms with Gasteiger partial charge in [-0.15, -0.1) is 0 Å². The minimum atomic E-state index is -2.84. The van der Waals surface area contributed by atoms with E-state index < -0.39 is 6.61 Å². The topological polar surface area (TPSA) is 41.6 Å². The molecule has 2 atom stereocenters. The van der Waals surface area contributed by atoms with Crippen molar-refractivity contribution in [2.75, 3.05) is 12.0 Å². The highest BCUT2D eigenvalue weighted by Crippen LogP contribution is 2.38. The molecule has 1 saturated heterocycles. The van der Waals surface area contributed by atoms with Gasteiger partial charge in [-0.25, -0.2) is 0 Å². The van der Waals surface area contributed by atoms with E-state index in [0.29, 0.717) is 5.11 Å². The van der Waals surface area contributed by atoms with Crippen molar-refractivity contribution in [1.29, 1.82) is 0 Å². The Morgan fingerprint density at radius 1 is 1.48 bits per heavy atom. The summed E-state index contributed by atoms with van der Waals surface area (Å²) < 4.78 is 29.3. The van der Waals surface area contributed by atoms with Gasteiger partial charge in [0.05, 0.1) is 6.04 Å². The Hall–Kier alpha value is -1.41. The number of thioether (sulfide) groups is 1. The molecular weight excluding hydrogens is 366 g/mol. The molecule has 0 bridgehead atoms. The first kappa shape index (κ1) is 18.4. The van der Waals surface area contributed by atoms with E-state index in [9.17, 15) is 13.6 Å². The number of hydrogen-bond acceptors (Lipinski definition) is 4. The molecule has 1 aromatic rings. The van der Waals surface area contributed by atoms with Gasteiger partial charge in [0, 0.05) is 0 Å². The standard InChI is InChI=1S/C17H20F2N2O2S2/c1-25-8-7-13-15(22)21(17(24)20-13)14-4-2-3-10-9-11(23-16(18)19)5-6-12(10)14/h5-6,9,13-14,16H,2-4,7-8H2,1H3,(H,20,24)/t13-,14+/m0/s1. The minimum Gasteiger partial charge on any atom is -0.435 e. The van der Waals surface area contributed by atoms with Gasteiger partial charge in [0.15, 0.2) is 5.11 Å². The Bertz CT molecular complexity index is 672. The number of nitrogens with one attached hydrogen (secondary N) is 1. The van der Waals surface area contributed by atoms with Crippen LogP contribution >= 0.6 is 24.0 Å².